The zero-order valence-electron chi connectivity index (χ0n) is 14.9. The average Bonchev–Trinajstić information content (AvgIpc) is 2.63. The predicted octanol–water partition coefficient (Wildman–Crippen LogP) is 3.32. The van der Waals surface area contributed by atoms with E-state index in [9.17, 15) is 14.0 Å². The van der Waals surface area contributed by atoms with Crippen molar-refractivity contribution in [2.24, 2.45) is 0 Å². The summed E-state index contributed by atoms with van der Waals surface area (Å²) in [6, 6.07) is 6.45. The van der Waals surface area contributed by atoms with Crippen LogP contribution in [0.5, 0.6) is 0 Å². The van der Waals surface area contributed by atoms with E-state index in [1.54, 1.807) is 6.07 Å². The van der Waals surface area contributed by atoms with Gasteiger partial charge < -0.3 is 5.32 Å². The fraction of sp³-hybridized carbons (Fsp3) is 0.421. The summed E-state index contributed by atoms with van der Waals surface area (Å²) in [5.41, 5.74) is 2.91. The summed E-state index contributed by atoms with van der Waals surface area (Å²) >= 11 is 0. The van der Waals surface area contributed by atoms with Crippen molar-refractivity contribution in [3.05, 3.63) is 52.2 Å². The number of hydrogen-bond donors (Lipinski definition) is 1. The number of nitriles is 1. The lowest BCUT2D eigenvalue weighted by atomic mass is 10.0. The summed E-state index contributed by atoms with van der Waals surface area (Å²) in [5.74, 6) is -1.09. The first-order valence-electron chi connectivity index (χ1n) is 8.64. The second-order valence-corrected chi connectivity index (χ2v) is 6.69. The molecule has 1 fully saturated rings. The molecule has 0 radical (unpaired) electrons. The molecular formula is C19H21F2N5. The number of nitrogens with zero attached hydrogens (tertiary/aromatic N) is 4. The molecule has 0 saturated carbocycles. The van der Waals surface area contributed by atoms with Gasteiger partial charge in [-0.05, 0) is 49.9 Å². The Bertz CT molecular complexity index is 839. The Hall–Kier alpha value is -2.59. The number of rotatable bonds is 4. The molecule has 1 saturated heterocycles. The summed E-state index contributed by atoms with van der Waals surface area (Å²) < 4.78 is 26.3. The molecule has 5 nitrogen and oxygen atoms in total. The third-order valence-corrected chi connectivity index (χ3v) is 4.88. The third kappa shape index (κ3) is 3.97. The van der Waals surface area contributed by atoms with Gasteiger partial charge in [0.15, 0.2) is 17.5 Å². The Labute approximate surface area is 151 Å². The standard InChI is InChI=1S/C19H21F2N5/c1-12-13(2)24-25-19(16(12)10-22)23-15-5-7-26(8-6-15)11-14-3-4-17(20)18(21)9-14/h3-4,9,15H,5-8,11H2,1-2H3,(H,23,25). The van der Waals surface area contributed by atoms with Gasteiger partial charge in [0.2, 0.25) is 0 Å². The van der Waals surface area contributed by atoms with Crippen molar-refractivity contribution in [3.63, 3.8) is 0 Å². The Kier molecular flexibility index (Phi) is 5.43. The number of likely N-dealkylation sites (tertiary alicyclic amines) is 1. The smallest absolute Gasteiger partial charge is 0.167 e. The summed E-state index contributed by atoms with van der Waals surface area (Å²) in [5, 5.41) is 20.9. The average molecular weight is 357 g/mol. The minimum atomic E-state index is -0.820. The number of piperidine rings is 1. The highest BCUT2D eigenvalue weighted by Gasteiger charge is 2.21. The Morgan fingerprint density at radius 3 is 2.58 bits per heavy atom. The third-order valence-electron chi connectivity index (χ3n) is 4.88. The van der Waals surface area contributed by atoms with Gasteiger partial charge in [0, 0.05) is 25.7 Å². The van der Waals surface area contributed by atoms with Crippen LogP contribution in [0.2, 0.25) is 0 Å². The Morgan fingerprint density at radius 1 is 1.19 bits per heavy atom. The molecule has 26 heavy (non-hydrogen) atoms. The van der Waals surface area contributed by atoms with E-state index in [2.05, 4.69) is 26.5 Å². The van der Waals surface area contributed by atoms with E-state index >= 15 is 0 Å². The molecule has 1 aliphatic heterocycles. The van der Waals surface area contributed by atoms with Gasteiger partial charge in [-0.15, -0.1) is 5.10 Å². The molecule has 1 aliphatic rings. The van der Waals surface area contributed by atoms with E-state index in [-0.39, 0.29) is 6.04 Å². The largest absolute Gasteiger partial charge is 0.365 e. The van der Waals surface area contributed by atoms with Crippen LogP contribution >= 0.6 is 0 Å². The second kappa shape index (κ2) is 7.75. The molecule has 7 heteroatoms. The molecule has 0 unspecified atom stereocenters. The molecule has 1 aromatic carbocycles. The van der Waals surface area contributed by atoms with E-state index in [1.807, 2.05) is 13.8 Å². The monoisotopic (exact) mass is 357 g/mol. The van der Waals surface area contributed by atoms with E-state index in [1.165, 1.54) is 12.1 Å². The van der Waals surface area contributed by atoms with Crippen molar-refractivity contribution >= 4 is 5.82 Å². The fourth-order valence-corrected chi connectivity index (χ4v) is 3.17. The van der Waals surface area contributed by atoms with Crippen molar-refractivity contribution in [2.75, 3.05) is 18.4 Å². The normalized spacial score (nSPS) is 15.7. The van der Waals surface area contributed by atoms with Gasteiger partial charge in [-0.25, -0.2) is 8.78 Å². The Morgan fingerprint density at radius 2 is 1.92 bits per heavy atom. The zero-order valence-corrected chi connectivity index (χ0v) is 14.9. The van der Waals surface area contributed by atoms with Crippen LogP contribution in [0.15, 0.2) is 18.2 Å². The number of anilines is 1. The van der Waals surface area contributed by atoms with Crippen molar-refractivity contribution in [1.29, 1.82) is 5.26 Å². The summed E-state index contributed by atoms with van der Waals surface area (Å²) in [6.45, 7) is 5.96. The first kappa shape index (κ1) is 18.2. The maximum absolute atomic E-state index is 13.3. The number of aromatic nitrogens is 2. The molecule has 2 aromatic rings. The molecule has 3 rings (SSSR count). The highest BCUT2D eigenvalue weighted by atomic mass is 19.2. The molecule has 1 N–H and O–H groups in total. The maximum Gasteiger partial charge on any atom is 0.167 e. The molecule has 0 atom stereocenters. The van der Waals surface area contributed by atoms with E-state index in [4.69, 9.17) is 0 Å². The van der Waals surface area contributed by atoms with Crippen LogP contribution in [0.3, 0.4) is 0 Å². The fourth-order valence-electron chi connectivity index (χ4n) is 3.17. The minimum Gasteiger partial charge on any atom is -0.365 e. The lowest BCUT2D eigenvalue weighted by molar-refractivity contribution is 0.211. The maximum atomic E-state index is 13.3. The van der Waals surface area contributed by atoms with Crippen molar-refractivity contribution in [3.8, 4) is 6.07 Å². The van der Waals surface area contributed by atoms with Crippen LogP contribution in [0.4, 0.5) is 14.6 Å². The number of aryl methyl sites for hydroxylation is 1. The number of benzene rings is 1. The molecule has 0 bridgehead atoms. The molecule has 1 aromatic heterocycles. The van der Waals surface area contributed by atoms with Gasteiger partial charge in [0.05, 0.1) is 5.69 Å². The lowest BCUT2D eigenvalue weighted by Crippen LogP contribution is -2.39. The topological polar surface area (TPSA) is 64.8 Å². The lowest BCUT2D eigenvalue weighted by Gasteiger charge is -2.32. The van der Waals surface area contributed by atoms with Crippen LogP contribution in [0.25, 0.3) is 0 Å². The SMILES string of the molecule is Cc1nnc(NC2CCN(Cc3ccc(F)c(F)c3)CC2)c(C#N)c1C. The van der Waals surface area contributed by atoms with E-state index < -0.39 is 11.6 Å². The highest BCUT2D eigenvalue weighted by molar-refractivity contribution is 5.56. The van der Waals surface area contributed by atoms with Crippen LogP contribution in [-0.2, 0) is 6.54 Å². The quantitative estimate of drug-likeness (QED) is 0.909. The number of nitrogens with one attached hydrogen (secondary N) is 1. The van der Waals surface area contributed by atoms with Crippen molar-refractivity contribution in [1.82, 2.24) is 15.1 Å². The van der Waals surface area contributed by atoms with Gasteiger partial charge in [-0.3, -0.25) is 4.90 Å². The second-order valence-electron chi connectivity index (χ2n) is 6.69. The van der Waals surface area contributed by atoms with Crippen LogP contribution in [-0.4, -0.2) is 34.2 Å². The predicted molar refractivity (Wildman–Crippen MR) is 94.5 cm³/mol. The van der Waals surface area contributed by atoms with Crippen LogP contribution < -0.4 is 5.32 Å². The molecule has 0 amide bonds. The number of halogens is 2. The van der Waals surface area contributed by atoms with Gasteiger partial charge in [-0.2, -0.15) is 10.4 Å². The highest BCUT2D eigenvalue weighted by Crippen LogP contribution is 2.22. The van der Waals surface area contributed by atoms with E-state index in [0.29, 0.717) is 17.9 Å². The van der Waals surface area contributed by atoms with Gasteiger partial charge >= 0.3 is 0 Å². The van der Waals surface area contributed by atoms with Crippen molar-refractivity contribution < 1.29 is 8.78 Å². The first-order valence-corrected chi connectivity index (χ1v) is 8.64. The zero-order chi connectivity index (χ0) is 18.7. The molecule has 0 aliphatic carbocycles. The van der Waals surface area contributed by atoms with Crippen molar-refractivity contribution in [2.45, 2.75) is 39.3 Å². The number of hydrogen-bond acceptors (Lipinski definition) is 5. The first-order chi connectivity index (χ1) is 12.5. The molecular weight excluding hydrogens is 336 g/mol. The van der Waals surface area contributed by atoms with Gasteiger partial charge in [-0.1, -0.05) is 6.07 Å². The van der Waals surface area contributed by atoms with Crippen LogP contribution in [0.1, 0.15) is 35.2 Å². The van der Waals surface area contributed by atoms with E-state index in [0.717, 1.165) is 42.8 Å². The summed E-state index contributed by atoms with van der Waals surface area (Å²) in [6.07, 6.45) is 1.76. The molecule has 136 valence electrons. The van der Waals surface area contributed by atoms with Gasteiger partial charge in [0.1, 0.15) is 11.6 Å². The minimum absolute atomic E-state index is 0.208. The molecule has 2 heterocycles. The van der Waals surface area contributed by atoms with Gasteiger partial charge in [0.25, 0.3) is 0 Å². The van der Waals surface area contributed by atoms with Crippen LogP contribution in [0, 0.1) is 36.8 Å². The summed E-state index contributed by atoms with van der Waals surface area (Å²) in [4.78, 5) is 2.21. The molecule has 0 spiro atoms. The summed E-state index contributed by atoms with van der Waals surface area (Å²) in [7, 11) is 0. The Balaban J connectivity index is 1.58.